The lowest BCUT2D eigenvalue weighted by Crippen LogP contribution is -2.45. The minimum atomic E-state index is -0.433. The molecule has 0 aromatic carbocycles. The summed E-state index contributed by atoms with van der Waals surface area (Å²) < 4.78 is 11.3. The zero-order chi connectivity index (χ0) is 19.1. The third kappa shape index (κ3) is 6.57. The summed E-state index contributed by atoms with van der Waals surface area (Å²) >= 11 is 0. The maximum Gasteiger partial charge on any atom is 0.249 e. The number of hydrogen-bond acceptors (Lipinski definition) is 5. The molecule has 1 aromatic rings. The van der Waals surface area contributed by atoms with E-state index in [4.69, 9.17) is 9.47 Å². The maximum absolute atomic E-state index is 12.1. The molecule has 2 rings (SSSR count). The fourth-order valence-corrected chi connectivity index (χ4v) is 2.96. The van der Waals surface area contributed by atoms with Crippen LogP contribution in [0.4, 0.5) is 5.82 Å². The van der Waals surface area contributed by atoms with Gasteiger partial charge in [0.05, 0.1) is 12.2 Å². The van der Waals surface area contributed by atoms with Gasteiger partial charge in [-0.05, 0) is 44.7 Å². The highest BCUT2D eigenvalue weighted by atomic mass is 16.5. The van der Waals surface area contributed by atoms with Crippen molar-refractivity contribution in [2.45, 2.75) is 65.9 Å². The number of hydrogen-bond donors (Lipinski definition) is 1. The third-order valence-corrected chi connectivity index (χ3v) is 4.45. The Hall–Kier alpha value is -1.66. The zero-order valence-electron chi connectivity index (χ0n) is 16.7. The van der Waals surface area contributed by atoms with Crippen molar-refractivity contribution in [2.75, 3.05) is 24.6 Å². The van der Waals surface area contributed by atoms with Crippen LogP contribution < -0.4 is 10.2 Å². The summed E-state index contributed by atoms with van der Waals surface area (Å²) in [5.41, 5.74) is 0.978. The number of nitrogens with one attached hydrogen (secondary N) is 1. The van der Waals surface area contributed by atoms with E-state index in [9.17, 15) is 4.79 Å². The van der Waals surface area contributed by atoms with Crippen LogP contribution in [0, 0.1) is 5.92 Å². The highest BCUT2D eigenvalue weighted by molar-refractivity contribution is 5.80. The molecule has 0 saturated carbocycles. The molecular weight excluding hydrogens is 330 g/mol. The van der Waals surface area contributed by atoms with Crippen molar-refractivity contribution in [1.29, 1.82) is 0 Å². The first-order valence-electron chi connectivity index (χ1n) is 9.59. The van der Waals surface area contributed by atoms with E-state index in [-0.39, 0.29) is 18.1 Å². The predicted octanol–water partition coefficient (Wildman–Crippen LogP) is 2.76. The van der Waals surface area contributed by atoms with Crippen LogP contribution in [-0.4, -0.2) is 48.9 Å². The van der Waals surface area contributed by atoms with E-state index in [0.29, 0.717) is 19.1 Å². The number of amides is 1. The van der Waals surface area contributed by atoms with Gasteiger partial charge >= 0.3 is 0 Å². The van der Waals surface area contributed by atoms with Crippen LogP contribution in [-0.2, 0) is 20.8 Å². The molecule has 0 spiro atoms. The van der Waals surface area contributed by atoms with Gasteiger partial charge in [0.15, 0.2) is 0 Å². The van der Waals surface area contributed by atoms with Crippen LogP contribution >= 0.6 is 0 Å². The summed E-state index contributed by atoms with van der Waals surface area (Å²) in [5, 5.41) is 2.91. The summed E-state index contributed by atoms with van der Waals surface area (Å²) in [6.45, 7) is 13.0. The first kappa shape index (κ1) is 20.6. The lowest BCUT2D eigenvalue weighted by Gasteiger charge is -2.36. The van der Waals surface area contributed by atoms with Crippen LogP contribution in [0.2, 0.25) is 0 Å². The SMILES string of the molecule is CC(C)CCOC(C)C(=O)NCc1ccc(N2CC(C)OC(C)C2)nc1. The second-order valence-corrected chi connectivity index (χ2v) is 7.60. The number of pyridine rings is 1. The fourth-order valence-electron chi connectivity index (χ4n) is 2.96. The molecule has 1 aliphatic rings. The molecule has 146 valence electrons. The number of nitrogens with zero attached hydrogens (tertiary/aromatic N) is 2. The van der Waals surface area contributed by atoms with Gasteiger partial charge in [0.2, 0.25) is 5.91 Å². The first-order chi connectivity index (χ1) is 12.3. The molecule has 0 radical (unpaired) electrons. The minimum Gasteiger partial charge on any atom is -0.372 e. The fraction of sp³-hybridized carbons (Fsp3) is 0.700. The van der Waals surface area contributed by atoms with E-state index < -0.39 is 6.10 Å². The summed E-state index contributed by atoms with van der Waals surface area (Å²) in [7, 11) is 0. The Bertz CT molecular complexity index is 552. The number of carbonyl (C=O) groups is 1. The number of anilines is 1. The first-order valence-corrected chi connectivity index (χ1v) is 9.59. The van der Waals surface area contributed by atoms with E-state index in [1.165, 1.54) is 0 Å². The molecule has 6 heteroatoms. The quantitative estimate of drug-likeness (QED) is 0.769. The number of aromatic nitrogens is 1. The van der Waals surface area contributed by atoms with Crippen molar-refractivity contribution >= 4 is 11.7 Å². The van der Waals surface area contributed by atoms with Gasteiger partial charge in [-0.25, -0.2) is 4.98 Å². The molecule has 1 saturated heterocycles. The summed E-state index contributed by atoms with van der Waals surface area (Å²) in [4.78, 5) is 18.9. The van der Waals surface area contributed by atoms with Crippen molar-refractivity contribution in [2.24, 2.45) is 5.92 Å². The summed E-state index contributed by atoms with van der Waals surface area (Å²) in [6.07, 6.45) is 2.76. The molecule has 3 unspecified atom stereocenters. The van der Waals surface area contributed by atoms with Crippen LogP contribution in [0.3, 0.4) is 0 Å². The Balaban J connectivity index is 1.79. The average Bonchev–Trinajstić information content (AvgIpc) is 2.58. The number of rotatable bonds is 8. The van der Waals surface area contributed by atoms with Gasteiger partial charge < -0.3 is 19.7 Å². The molecule has 2 heterocycles. The molecule has 1 aromatic heterocycles. The second kappa shape index (κ2) is 9.88. The van der Waals surface area contributed by atoms with Gasteiger partial charge in [0, 0.05) is 32.4 Å². The molecule has 0 aliphatic carbocycles. The largest absolute Gasteiger partial charge is 0.372 e. The monoisotopic (exact) mass is 363 g/mol. The Morgan fingerprint density at radius 2 is 2.00 bits per heavy atom. The minimum absolute atomic E-state index is 0.0892. The van der Waals surface area contributed by atoms with Crippen LogP contribution in [0.1, 0.15) is 46.6 Å². The molecule has 1 fully saturated rings. The third-order valence-electron chi connectivity index (χ3n) is 4.45. The van der Waals surface area contributed by atoms with Crippen molar-refractivity contribution in [1.82, 2.24) is 10.3 Å². The lowest BCUT2D eigenvalue weighted by molar-refractivity contribution is -0.132. The van der Waals surface area contributed by atoms with Gasteiger partial charge in [-0.3, -0.25) is 4.79 Å². The number of ether oxygens (including phenoxy) is 2. The van der Waals surface area contributed by atoms with Crippen molar-refractivity contribution in [3.8, 4) is 0 Å². The topological polar surface area (TPSA) is 63.7 Å². The van der Waals surface area contributed by atoms with Gasteiger partial charge in [0.1, 0.15) is 11.9 Å². The highest BCUT2D eigenvalue weighted by Gasteiger charge is 2.23. The van der Waals surface area contributed by atoms with Crippen molar-refractivity contribution in [3.05, 3.63) is 23.9 Å². The van der Waals surface area contributed by atoms with Gasteiger partial charge in [-0.2, -0.15) is 0 Å². The van der Waals surface area contributed by atoms with E-state index in [1.54, 1.807) is 6.92 Å². The Morgan fingerprint density at radius 1 is 1.31 bits per heavy atom. The Labute approximate surface area is 157 Å². The van der Waals surface area contributed by atoms with Gasteiger partial charge in [-0.1, -0.05) is 19.9 Å². The summed E-state index contributed by atoms with van der Waals surface area (Å²) in [6, 6.07) is 4.02. The normalized spacial score (nSPS) is 21.7. The number of carbonyl (C=O) groups excluding carboxylic acids is 1. The van der Waals surface area contributed by atoms with Crippen molar-refractivity contribution < 1.29 is 14.3 Å². The predicted molar refractivity (Wildman–Crippen MR) is 103 cm³/mol. The van der Waals surface area contributed by atoms with E-state index in [1.807, 2.05) is 18.3 Å². The van der Waals surface area contributed by atoms with Crippen LogP contribution in [0.25, 0.3) is 0 Å². The Kier molecular flexibility index (Phi) is 7.85. The standard InChI is InChI=1S/C20H33N3O3/c1-14(2)8-9-25-17(5)20(24)22-11-18-6-7-19(21-10-18)23-12-15(3)26-16(4)13-23/h6-7,10,14-17H,8-9,11-13H2,1-5H3,(H,22,24). The molecule has 6 nitrogen and oxygen atoms in total. The van der Waals surface area contributed by atoms with E-state index in [0.717, 1.165) is 30.9 Å². The zero-order valence-corrected chi connectivity index (χ0v) is 16.7. The maximum atomic E-state index is 12.1. The Morgan fingerprint density at radius 3 is 2.58 bits per heavy atom. The summed E-state index contributed by atoms with van der Waals surface area (Å²) in [5.74, 6) is 1.44. The van der Waals surface area contributed by atoms with Gasteiger partial charge in [0.25, 0.3) is 0 Å². The molecular formula is C20H33N3O3. The molecule has 0 bridgehead atoms. The average molecular weight is 364 g/mol. The number of morpholine rings is 1. The smallest absolute Gasteiger partial charge is 0.249 e. The molecule has 3 atom stereocenters. The van der Waals surface area contributed by atoms with Gasteiger partial charge in [-0.15, -0.1) is 0 Å². The van der Waals surface area contributed by atoms with Crippen LogP contribution in [0.15, 0.2) is 18.3 Å². The van der Waals surface area contributed by atoms with Crippen LogP contribution in [0.5, 0.6) is 0 Å². The van der Waals surface area contributed by atoms with E-state index >= 15 is 0 Å². The molecule has 1 aliphatic heterocycles. The highest BCUT2D eigenvalue weighted by Crippen LogP contribution is 2.18. The van der Waals surface area contributed by atoms with Crippen molar-refractivity contribution in [3.63, 3.8) is 0 Å². The molecule has 26 heavy (non-hydrogen) atoms. The lowest BCUT2D eigenvalue weighted by atomic mass is 10.1. The molecule has 1 N–H and O–H groups in total. The molecule has 1 amide bonds. The van der Waals surface area contributed by atoms with E-state index in [2.05, 4.69) is 42.9 Å². The second-order valence-electron chi connectivity index (χ2n) is 7.60.